The van der Waals surface area contributed by atoms with E-state index in [0.717, 1.165) is 11.6 Å². The molecule has 0 amide bonds. The van der Waals surface area contributed by atoms with Gasteiger partial charge in [-0.05, 0) is 26.3 Å². The molecular weight excluding hydrogens is 192 g/mol. The molecule has 3 nitrogen and oxygen atoms in total. The molecule has 0 radical (unpaired) electrons. The maximum atomic E-state index is 10.8. The zero-order chi connectivity index (χ0) is 11.9. The van der Waals surface area contributed by atoms with Gasteiger partial charge in [-0.25, -0.2) is 4.79 Å². The molecule has 84 valence electrons. The maximum Gasteiger partial charge on any atom is 0.330 e. The third kappa shape index (κ3) is 5.18. The van der Waals surface area contributed by atoms with Gasteiger partial charge < -0.3 is 9.84 Å². The van der Waals surface area contributed by atoms with E-state index in [0.29, 0.717) is 0 Å². The predicted octanol–water partition coefficient (Wildman–Crippen LogP) is 1.99. The minimum Gasteiger partial charge on any atom is -0.459 e. The molecule has 0 aliphatic heterocycles. The van der Waals surface area contributed by atoms with Gasteiger partial charge in [-0.2, -0.15) is 0 Å². The van der Waals surface area contributed by atoms with E-state index >= 15 is 0 Å². The van der Waals surface area contributed by atoms with E-state index in [-0.39, 0.29) is 6.61 Å². The topological polar surface area (TPSA) is 46.5 Å². The van der Waals surface area contributed by atoms with Crippen molar-refractivity contribution in [2.24, 2.45) is 0 Å². The van der Waals surface area contributed by atoms with E-state index in [9.17, 15) is 9.90 Å². The minimum atomic E-state index is -1.14. The molecular formula is C12H18O3. The second kappa shape index (κ2) is 6.19. The molecule has 0 aromatic heterocycles. The summed E-state index contributed by atoms with van der Waals surface area (Å²) >= 11 is 0. The normalized spacial score (nSPS) is 16.1. The van der Waals surface area contributed by atoms with Crippen LogP contribution in [0.25, 0.3) is 0 Å². The average molecular weight is 210 g/mol. The van der Waals surface area contributed by atoms with Gasteiger partial charge in [-0.3, -0.25) is 0 Å². The van der Waals surface area contributed by atoms with Gasteiger partial charge in [0.05, 0.1) is 0 Å². The lowest BCUT2D eigenvalue weighted by Crippen LogP contribution is -2.33. The lowest BCUT2D eigenvalue weighted by Gasteiger charge is -2.23. The lowest BCUT2D eigenvalue weighted by molar-refractivity contribution is -0.143. The van der Waals surface area contributed by atoms with Crippen LogP contribution in [0.5, 0.6) is 0 Å². The van der Waals surface area contributed by atoms with Crippen molar-refractivity contribution in [1.29, 1.82) is 0 Å². The highest BCUT2D eigenvalue weighted by atomic mass is 16.5. The molecule has 0 aromatic carbocycles. The average Bonchev–Trinajstić information content (AvgIpc) is 2.22. The van der Waals surface area contributed by atoms with Crippen molar-refractivity contribution in [3.05, 3.63) is 36.5 Å². The number of esters is 1. The molecule has 15 heavy (non-hydrogen) atoms. The van der Waals surface area contributed by atoms with Crippen LogP contribution in [-0.4, -0.2) is 23.3 Å². The van der Waals surface area contributed by atoms with E-state index in [1.54, 1.807) is 19.9 Å². The molecule has 1 atom stereocenters. The van der Waals surface area contributed by atoms with E-state index < -0.39 is 11.6 Å². The maximum absolute atomic E-state index is 10.8. The lowest BCUT2D eigenvalue weighted by atomic mass is 9.98. The molecule has 1 N–H and O–H groups in total. The van der Waals surface area contributed by atoms with Crippen LogP contribution >= 0.6 is 0 Å². The highest BCUT2D eigenvalue weighted by Gasteiger charge is 2.23. The number of ether oxygens (including phenoxy) is 1. The Labute approximate surface area is 90.8 Å². The van der Waals surface area contributed by atoms with Crippen LogP contribution in [0.4, 0.5) is 0 Å². The minimum absolute atomic E-state index is 0.0717. The molecule has 3 heteroatoms. The fourth-order valence-electron chi connectivity index (χ4n) is 0.805. The van der Waals surface area contributed by atoms with Crippen molar-refractivity contribution < 1.29 is 14.6 Å². The van der Waals surface area contributed by atoms with Crippen LogP contribution in [-0.2, 0) is 9.53 Å². The summed E-state index contributed by atoms with van der Waals surface area (Å²) in [7, 11) is 0. The Balaban J connectivity index is 4.40. The van der Waals surface area contributed by atoms with Crippen LogP contribution in [0, 0.1) is 0 Å². The summed E-state index contributed by atoms with van der Waals surface area (Å²) in [5.41, 5.74) is -0.407. The fourth-order valence-corrected chi connectivity index (χ4v) is 0.805. The van der Waals surface area contributed by atoms with Crippen molar-refractivity contribution in [1.82, 2.24) is 0 Å². The summed E-state index contributed by atoms with van der Waals surface area (Å²) in [6, 6.07) is 0. The van der Waals surface area contributed by atoms with E-state index in [1.807, 2.05) is 19.1 Å². The second-order valence-electron chi connectivity index (χ2n) is 3.46. The van der Waals surface area contributed by atoms with Crippen LogP contribution in [0.1, 0.15) is 20.8 Å². The van der Waals surface area contributed by atoms with E-state index in [4.69, 9.17) is 4.74 Å². The standard InChI is InChI=1S/C12H18O3/c1-5-7-8-10(3)12(4,14)9-15-11(13)6-2/h5-8,14H,2,9H2,1,3-4H3/b7-5-,10-8+. The number of hydrogen-bond acceptors (Lipinski definition) is 3. The zero-order valence-corrected chi connectivity index (χ0v) is 9.49. The van der Waals surface area contributed by atoms with Gasteiger partial charge in [0.25, 0.3) is 0 Å². The molecule has 0 fully saturated rings. The third-order valence-electron chi connectivity index (χ3n) is 2.05. The van der Waals surface area contributed by atoms with Crippen molar-refractivity contribution in [2.45, 2.75) is 26.4 Å². The highest BCUT2D eigenvalue weighted by molar-refractivity contribution is 5.81. The fraction of sp³-hybridized carbons (Fsp3) is 0.417. The quantitative estimate of drug-likeness (QED) is 0.429. The van der Waals surface area contributed by atoms with Gasteiger partial charge in [-0.15, -0.1) is 0 Å². The Morgan fingerprint density at radius 1 is 1.60 bits per heavy atom. The molecule has 0 saturated carbocycles. The van der Waals surface area contributed by atoms with Crippen molar-refractivity contribution in [2.75, 3.05) is 6.61 Å². The summed E-state index contributed by atoms with van der Waals surface area (Å²) in [4.78, 5) is 10.8. The van der Waals surface area contributed by atoms with Crippen molar-refractivity contribution >= 4 is 5.97 Å². The number of hydrogen-bond donors (Lipinski definition) is 1. The third-order valence-corrected chi connectivity index (χ3v) is 2.05. The Hall–Kier alpha value is -1.35. The first-order valence-electron chi connectivity index (χ1n) is 4.75. The van der Waals surface area contributed by atoms with Crippen LogP contribution in [0.15, 0.2) is 36.5 Å². The second-order valence-corrected chi connectivity index (χ2v) is 3.46. The predicted molar refractivity (Wildman–Crippen MR) is 60.4 cm³/mol. The summed E-state index contributed by atoms with van der Waals surface area (Å²) < 4.78 is 4.79. The van der Waals surface area contributed by atoms with Crippen molar-refractivity contribution in [3.8, 4) is 0 Å². The van der Waals surface area contributed by atoms with Gasteiger partial charge in [0.2, 0.25) is 0 Å². The van der Waals surface area contributed by atoms with Crippen LogP contribution < -0.4 is 0 Å². The smallest absolute Gasteiger partial charge is 0.330 e. The molecule has 0 spiro atoms. The zero-order valence-electron chi connectivity index (χ0n) is 9.49. The monoisotopic (exact) mass is 210 g/mol. The Morgan fingerprint density at radius 3 is 2.67 bits per heavy atom. The summed E-state index contributed by atoms with van der Waals surface area (Å²) in [5.74, 6) is -0.533. The van der Waals surface area contributed by atoms with E-state index in [2.05, 4.69) is 6.58 Å². The van der Waals surface area contributed by atoms with Gasteiger partial charge >= 0.3 is 5.97 Å². The highest BCUT2D eigenvalue weighted by Crippen LogP contribution is 2.16. The number of rotatable bonds is 5. The number of allylic oxidation sites excluding steroid dienone is 3. The number of carbonyl (C=O) groups excluding carboxylic acids is 1. The summed E-state index contributed by atoms with van der Waals surface area (Å²) in [6.45, 7) is 8.46. The van der Waals surface area contributed by atoms with Gasteiger partial charge in [0, 0.05) is 6.08 Å². The largest absolute Gasteiger partial charge is 0.459 e. The van der Waals surface area contributed by atoms with Crippen molar-refractivity contribution in [3.63, 3.8) is 0 Å². The van der Waals surface area contributed by atoms with Gasteiger partial charge in [0.15, 0.2) is 0 Å². The molecule has 0 rings (SSSR count). The molecule has 0 aliphatic rings. The molecule has 1 unspecified atom stereocenters. The summed E-state index contributed by atoms with van der Waals surface area (Å²) in [6.07, 6.45) is 6.53. The molecule has 0 aliphatic carbocycles. The number of aliphatic hydroxyl groups is 1. The SMILES string of the molecule is C=CC(=O)OCC(C)(O)/C(C)=C/C=C\C. The Kier molecular flexibility index (Phi) is 5.64. The van der Waals surface area contributed by atoms with Gasteiger partial charge in [-0.1, -0.05) is 24.8 Å². The number of carbonyl (C=O) groups is 1. The Bertz CT molecular complexity index is 285. The molecule has 0 bridgehead atoms. The van der Waals surface area contributed by atoms with Gasteiger partial charge in [0.1, 0.15) is 12.2 Å². The Morgan fingerprint density at radius 2 is 2.20 bits per heavy atom. The first-order chi connectivity index (χ1) is 6.94. The van der Waals surface area contributed by atoms with E-state index in [1.165, 1.54) is 0 Å². The molecule has 0 heterocycles. The first-order valence-corrected chi connectivity index (χ1v) is 4.75. The van der Waals surface area contributed by atoms with Crippen LogP contribution in [0.3, 0.4) is 0 Å². The molecule has 0 saturated heterocycles. The van der Waals surface area contributed by atoms with Crippen LogP contribution in [0.2, 0.25) is 0 Å². The summed E-state index contributed by atoms with van der Waals surface area (Å²) in [5, 5.41) is 9.94. The first kappa shape index (κ1) is 13.7. The molecule has 0 aromatic rings.